The van der Waals surface area contributed by atoms with Crippen molar-refractivity contribution >= 4 is 11.9 Å². The zero-order valence-electron chi connectivity index (χ0n) is 7.68. The maximum Gasteiger partial charge on any atom is 0.306 e. The SMILES string of the molecule is O=C(O)CC(O)CN1CCOCC1=O. The van der Waals surface area contributed by atoms with Gasteiger partial charge >= 0.3 is 5.97 Å². The summed E-state index contributed by atoms with van der Waals surface area (Å²) in [4.78, 5) is 22.8. The van der Waals surface area contributed by atoms with Gasteiger partial charge in [0, 0.05) is 13.1 Å². The molecule has 0 aliphatic carbocycles. The molecule has 0 bridgehead atoms. The fraction of sp³-hybridized carbons (Fsp3) is 0.750. The molecule has 6 nitrogen and oxygen atoms in total. The monoisotopic (exact) mass is 203 g/mol. The Morgan fingerprint density at radius 3 is 2.93 bits per heavy atom. The molecule has 1 heterocycles. The number of nitrogens with zero attached hydrogens (tertiary/aromatic N) is 1. The molecule has 6 heteroatoms. The van der Waals surface area contributed by atoms with Crippen LogP contribution in [0.5, 0.6) is 0 Å². The highest BCUT2D eigenvalue weighted by molar-refractivity contribution is 5.78. The van der Waals surface area contributed by atoms with Crippen LogP contribution in [0.25, 0.3) is 0 Å². The van der Waals surface area contributed by atoms with Gasteiger partial charge in [0.15, 0.2) is 0 Å². The van der Waals surface area contributed by atoms with Crippen molar-refractivity contribution in [3.05, 3.63) is 0 Å². The molecule has 0 aromatic rings. The Balaban J connectivity index is 2.34. The highest BCUT2D eigenvalue weighted by Gasteiger charge is 2.22. The minimum Gasteiger partial charge on any atom is -0.481 e. The summed E-state index contributed by atoms with van der Waals surface area (Å²) in [6.07, 6.45) is -1.35. The van der Waals surface area contributed by atoms with Crippen molar-refractivity contribution in [2.45, 2.75) is 12.5 Å². The summed E-state index contributed by atoms with van der Waals surface area (Å²) < 4.78 is 4.89. The van der Waals surface area contributed by atoms with Crippen molar-refractivity contribution in [3.8, 4) is 0 Å². The lowest BCUT2D eigenvalue weighted by molar-refractivity contribution is -0.147. The number of carboxylic acid groups (broad SMARTS) is 1. The molecule has 0 aromatic heterocycles. The van der Waals surface area contributed by atoms with E-state index in [-0.39, 0.29) is 25.5 Å². The summed E-state index contributed by atoms with van der Waals surface area (Å²) in [6.45, 7) is 0.926. The van der Waals surface area contributed by atoms with E-state index in [2.05, 4.69) is 0 Å². The van der Waals surface area contributed by atoms with Crippen molar-refractivity contribution in [2.75, 3.05) is 26.3 Å². The van der Waals surface area contributed by atoms with Crippen molar-refractivity contribution in [1.82, 2.24) is 4.90 Å². The van der Waals surface area contributed by atoms with Gasteiger partial charge in [-0.1, -0.05) is 0 Å². The van der Waals surface area contributed by atoms with Crippen LogP contribution in [0.3, 0.4) is 0 Å². The highest BCUT2D eigenvalue weighted by Crippen LogP contribution is 2.02. The molecule has 14 heavy (non-hydrogen) atoms. The van der Waals surface area contributed by atoms with Crippen molar-refractivity contribution in [1.29, 1.82) is 0 Å². The fourth-order valence-electron chi connectivity index (χ4n) is 1.26. The second-order valence-electron chi connectivity index (χ2n) is 3.14. The second-order valence-corrected chi connectivity index (χ2v) is 3.14. The topological polar surface area (TPSA) is 87.1 Å². The average Bonchev–Trinajstić information content (AvgIpc) is 2.07. The number of carboxylic acids is 1. The Kier molecular flexibility index (Phi) is 3.84. The number of hydrogen-bond acceptors (Lipinski definition) is 4. The number of aliphatic hydroxyl groups excluding tert-OH is 1. The summed E-state index contributed by atoms with van der Waals surface area (Å²) in [7, 11) is 0. The molecular weight excluding hydrogens is 190 g/mol. The molecule has 0 aromatic carbocycles. The molecule has 2 N–H and O–H groups in total. The minimum absolute atomic E-state index is 0.0137. The number of amides is 1. The van der Waals surface area contributed by atoms with Gasteiger partial charge in [0.2, 0.25) is 5.91 Å². The molecule has 1 aliphatic heterocycles. The molecule has 1 atom stereocenters. The van der Waals surface area contributed by atoms with Crippen LogP contribution in [0.4, 0.5) is 0 Å². The molecular formula is C8H13NO5. The van der Waals surface area contributed by atoms with Gasteiger partial charge in [-0.05, 0) is 0 Å². The first-order valence-electron chi connectivity index (χ1n) is 4.35. The molecule has 1 aliphatic rings. The molecule has 0 saturated carbocycles. The van der Waals surface area contributed by atoms with Gasteiger partial charge in [-0.2, -0.15) is 0 Å². The van der Waals surface area contributed by atoms with Crippen LogP contribution in [0.2, 0.25) is 0 Å². The zero-order valence-corrected chi connectivity index (χ0v) is 7.68. The third kappa shape index (κ3) is 3.31. The number of hydrogen-bond donors (Lipinski definition) is 2. The van der Waals surface area contributed by atoms with E-state index < -0.39 is 12.1 Å². The van der Waals surface area contributed by atoms with E-state index in [1.165, 1.54) is 4.90 Å². The number of ether oxygens (including phenoxy) is 1. The van der Waals surface area contributed by atoms with E-state index in [4.69, 9.17) is 9.84 Å². The Labute approximate surface area is 81.1 Å². The van der Waals surface area contributed by atoms with Gasteiger partial charge in [0.05, 0.1) is 19.1 Å². The lowest BCUT2D eigenvalue weighted by Crippen LogP contribution is -2.45. The predicted octanol–water partition coefficient (Wildman–Crippen LogP) is -1.32. The van der Waals surface area contributed by atoms with Crippen LogP contribution in [-0.2, 0) is 14.3 Å². The van der Waals surface area contributed by atoms with Gasteiger partial charge in [-0.3, -0.25) is 9.59 Å². The maximum absolute atomic E-state index is 11.2. The number of β-amino-alcohol motifs (C(OH)–C–C–N with tert-alkyl or cyclic N) is 1. The molecule has 80 valence electrons. The van der Waals surface area contributed by atoms with Crippen LogP contribution >= 0.6 is 0 Å². The Morgan fingerprint density at radius 2 is 2.36 bits per heavy atom. The van der Waals surface area contributed by atoms with Gasteiger partial charge in [-0.15, -0.1) is 0 Å². The molecule has 1 amide bonds. The molecule has 1 unspecified atom stereocenters. The van der Waals surface area contributed by atoms with Crippen LogP contribution in [0.15, 0.2) is 0 Å². The standard InChI is InChI=1S/C8H13NO5/c10-6(3-8(12)13)4-9-1-2-14-5-7(9)11/h6,10H,1-5H2,(H,12,13). The minimum atomic E-state index is -1.07. The van der Waals surface area contributed by atoms with Crippen molar-refractivity contribution in [2.24, 2.45) is 0 Å². The number of rotatable bonds is 4. The van der Waals surface area contributed by atoms with Gasteiger partial charge in [-0.25, -0.2) is 0 Å². The van der Waals surface area contributed by atoms with Crippen molar-refractivity contribution in [3.63, 3.8) is 0 Å². The first kappa shape index (κ1) is 10.9. The van der Waals surface area contributed by atoms with Gasteiger partial charge in [0.1, 0.15) is 6.61 Å². The quantitative estimate of drug-likeness (QED) is 0.591. The second kappa shape index (κ2) is 4.92. The molecule has 1 saturated heterocycles. The lowest BCUT2D eigenvalue weighted by atomic mass is 10.2. The van der Waals surface area contributed by atoms with Gasteiger partial charge < -0.3 is 19.8 Å². The van der Waals surface area contributed by atoms with Crippen LogP contribution in [-0.4, -0.2) is 59.4 Å². The Morgan fingerprint density at radius 1 is 1.64 bits per heavy atom. The van der Waals surface area contributed by atoms with Crippen LogP contribution in [0, 0.1) is 0 Å². The fourth-order valence-corrected chi connectivity index (χ4v) is 1.26. The summed E-state index contributed by atoms with van der Waals surface area (Å²) in [5, 5.41) is 17.7. The average molecular weight is 203 g/mol. The van der Waals surface area contributed by atoms with E-state index >= 15 is 0 Å². The number of morpholine rings is 1. The number of carbonyl (C=O) groups excluding carboxylic acids is 1. The zero-order chi connectivity index (χ0) is 10.6. The van der Waals surface area contributed by atoms with E-state index in [0.717, 1.165) is 0 Å². The van der Waals surface area contributed by atoms with E-state index in [0.29, 0.717) is 13.2 Å². The number of aliphatic carboxylic acids is 1. The first-order chi connectivity index (χ1) is 6.59. The summed E-state index contributed by atoms with van der Waals surface area (Å²) >= 11 is 0. The lowest BCUT2D eigenvalue weighted by Gasteiger charge is -2.28. The van der Waals surface area contributed by atoms with Gasteiger partial charge in [0.25, 0.3) is 0 Å². The maximum atomic E-state index is 11.2. The summed E-state index contributed by atoms with van der Waals surface area (Å²) in [5.41, 5.74) is 0. The van der Waals surface area contributed by atoms with Crippen LogP contribution in [0.1, 0.15) is 6.42 Å². The number of carbonyl (C=O) groups is 2. The highest BCUT2D eigenvalue weighted by atomic mass is 16.5. The van der Waals surface area contributed by atoms with E-state index in [1.54, 1.807) is 0 Å². The molecule has 0 radical (unpaired) electrons. The van der Waals surface area contributed by atoms with Crippen molar-refractivity contribution < 1.29 is 24.5 Å². The molecule has 1 rings (SSSR count). The summed E-state index contributed by atoms with van der Waals surface area (Å²) in [6, 6.07) is 0. The van der Waals surface area contributed by atoms with E-state index in [9.17, 15) is 14.7 Å². The number of aliphatic hydroxyl groups is 1. The molecule has 1 fully saturated rings. The Bertz CT molecular complexity index is 230. The normalized spacial score (nSPS) is 19.5. The predicted molar refractivity (Wildman–Crippen MR) is 45.7 cm³/mol. The van der Waals surface area contributed by atoms with Crippen LogP contribution < -0.4 is 0 Å². The first-order valence-corrected chi connectivity index (χ1v) is 4.35. The smallest absolute Gasteiger partial charge is 0.306 e. The Hall–Kier alpha value is -1.14. The third-order valence-electron chi connectivity index (χ3n) is 1.93. The third-order valence-corrected chi connectivity index (χ3v) is 1.93. The molecule has 0 spiro atoms. The summed E-state index contributed by atoms with van der Waals surface area (Å²) in [5.74, 6) is -1.28. The van der Waals surface area contributed by atoms with E-state index in [1.807, 2.05) is 0 Å². The largest absolute Gasteiger partial charge is 0.481 e.